The molecule has 3 nitrogen and oxygen atoms in total. The van der Waals surface area contributed by atoms with E-state index < -0.39 is 0 Å². The third-order valence-corrected chi connectivity index (χ3v) is 3.66. The summed E-state index contributed by atoms with van der Waals surface area (Å²) in [5, 5.41) is 0. The maximum atomic E-state index is 6.09. The van der Waals surface area contributed by atoms with E-state index in [0.717, 1.165) is 31.7 Å². The summed E-state index contributed by atoms with van der Waals surface area (Å²) >= 11 is 0. The molecular formula is C12H24N2O. The molecule has 0 radical (unpaired) electrons. The summed E-state index contributed by atoms with van der Waals surface area (Å²) in [5.74, 6) is 0.762. The second-order valence-electron chi connectivity index (χ2n) is 5.25. The van der Waals surface area contributed by atoms with Crippen LogP contribution in [0.4, 0.5) is 0 Å². The van der Waals surface area contributed by atoms with Gasteiger partial charge in [0.05, 0.1) is 0 Å². The van der Waals surface area contributed by atoms with Gasteiger partial charge in [-0.05, 0) is 31.6 Å². The lowest BCUT2D eigenvalue weighted by Gasteiger charge is -2.39. The van der Waals surface area contributed by atoms with Gasteiger partial charge >= 0.3 is 0 Å². The molecule has 0 aliphatic carbocycles. The van der Waals surface area contributed by atoms with Gasteiger partial charge in [0.1, 0.15) is 0 Å². The Balaban J connectivity index is 1.89. The number of nitrogens with two attached hydrogens (primary N) is 1. The van der Waals surface area contributed by atoms with Crippen LogP contribution in [-0.2, 0) is 4.74 Å². The van der Waals surface area contributed by atoms with Crippen LogP contribution in [-0.4, -0.2) is 43.3 Å². The predicted molar refractivity (Wildman–Crippen MR) is 61.8 cm³/mol. The maximum absolute atomic E-state index is 6.09. The van der Waals surface area contributed by atoms with E-state index in [9.17, 15) is 0 Å². The topological polar surface area (TPSA) is 38.5 Å². The van der Waals surface area contributed by atoms with Crippen LogP contribution in [0.2, 0.25) is 0 Å². The molecule has 15 heavy (non-hydrogen) atoms. The van der Waals surface area contributed by atoms with Crippen molar-refractivity contribution in [2.75, 3.05) is 26.3 Å². The van der Waals surface area contributed by atoms with Gasteiger partial charge in [-0.2, -0.15) is 0 Å². The molecule has 2 heterocycles. The summed E-state index contributed by atoms with van der Waals surface area (Å²) in [5.41, 5.74) is 6.09. The Kier molecular flexibility index (Phi) is 4.00. The molecule has 88 valence electrons. The number of rotatable bonds is 1. The van der Waals surface area contributed by atoms with Crippen molar-refractivity contribution >= 4 is 0 Å². The minimum atomic E-state index is 0.387. The molecule has 0 saturated carbocycles. The zero-order valence-electron chi connectivity index (χ0n) is 9.82. The number of hydrogen-bond donors (Lipinski definition) is 1. The zero-order valence-corrected chi connectivity index (χ0v) is 9.82. The number of nitrogens with zero attached hydrogens (tertiary/aromatic N) is 1. The molecule has 2 fully saturated rings. The first-order valence-corrected chi connectivity index (χ1v) is 6.33. The lowest BCUT2D eigenvalue weighted by atomic mass is 9.94. The average molecular weight is 212 g/mol. The van der Waals surface area contributed by atoms with Crippen molar-refractivity contribution in [3.05, 3.63) is 0 Å². The van der Waals surface area contributed by atoms with Crippen LogP contribution < -0.4 is 5.73 Å². The van der Waals surface area contributed by atoms with Gasteiger partial charge in [-0.25, -0.2) is 0 Å². The molecule has 0 amide bonds. The van der Waals surface area contributed by atoms with Gasteiger partial charge in [-0.3, -0.25) is 4.90 Å². The average Bonchev–Trinajstić information content (AvgIpc) is 2.43. The first kappa shape index (κ1) is 11.4. The van der Waals surface area contributed by atoms with Crippen LogP contribution in [0, 0.1) is 5.92 Å². The highest BCUT2D eigenvalue weighted by atomic mass is 16.5. The molecule has 2 N–H and O–H groups in total. The van der Waals surface area contributed by atoms with Crippen LogP contribution in [0.3, 0.4) is 0 Å². The van der Waals surface area contributed by atoms with Crippen molar-refractivity contribution in [2.45, 2.75) is 44.7 Å². The van der Waals surface area contributed by atoms with Crippen LogP contribution in [0.5, 0.6) is 0 Å². The molecule has 3 heteroatoms. The van der Waals surface area contributed by atoms with E-state index in [-0.39, 0.29) is 0 Å². The molecule has 0 spiro atoms. The fourth-order valence-electron chi connectivity index (χ4n) is 2.99. The van der Waals surface area contributed by atoms with Crippen molar-refractivity contribution < 1.29 is 4.74 Å². The monoisotopic (exact) mass is 212 g/mol. The number of ether oxygens (including phenoxy) is 1. The lowest BCUT2D eigenvalue weighted by molar-refractivity contribution is 0.0949. The van der Waals surface area contributed by atoms with E-state index in [2.05, 4.69) is 11.8 Å². The third kappa shape index (κ3) is 3.16. The molecule has 0 aromatic carbocycles. The van der Waals surface area contributed by atoms with Crippen molar-refractivity contribution in [3.63, 3.8) is 0 Å². The van der Waals surface area contributed by atoms with E-state index >= 15 is 0 Å². The highest BCUT2D eigenvalue weighted by Crippen LogP contribution is 2.22. The SMILES string of the molecule is CC1CC(N)CN(C2CCCOCC2)C1. The standard InChI is InChI=1S/C12H24N2O/c1-10-7-11(13)9-14(8-10)12-3-2-5-15-6-4-12/h10-12H,2-9,13H2,1H3. The largest absolute Gasteiger partial charge is 0.381 e. The van der Waals surface area contributed by atoms with Gasteiger partial charge in [-0.15, -0.1) is 0 Å². The summed E-state index contributed by atoms with van der Waals surface area (Å²) in [7, 11) is 0. The summed E-state index contributed by atoms with van der Waals surface area (Å²) in [4.78, 5) is 2.60. The Bertz CT molecular complexity index is 180. The van der Waals surface area contributed by atoms with Gasteiger partial charge in [-0.1, -0.05) is 6.92 Å². The number of piperidine rings is 1. The second kappa shape index (κ2) is 5.28. The molecule has 3 atom stereocenters. The summed E-state index contributed by atoms with van der Waals surface area (Å²) < 4.78 is 5.51. The van der Waals surface area contributed by atoms with E-state index in [4.69, 9.17) is 10.5 Å². The Morgan fingerprint density at radius 3 is 2.87 bits per heavy atom. The van der Waals surface area contributed by atoms with E-state index in [0.29, 0.717) is 6.04 Å². The van der Waals surface area contributed by atoms with Crippen molar-refractivity contribution in [3.8, 4) is 0 Å². The normalized spacial score (nSPS) is 40.0. The minimum absolute atomic E-state index is 0.387. The quantitative estimate of drug-likeness (QED) is 0.710. The van der Waals surface area contributed by atoms with Gasteiger partial charge in [0.2, 0.25) is 0 Å². The first-order valence-electron chi connectivity index (χ1n) is 6.33. The Hall–Kier alpha value is -0.120. The lowest BCUT2D eigenvalue weighted by Crippen LogP contribution is -2.50. The first-order chi connectivity index (χ1) is 7.25. The fourth-order valence-corrected chi connectivity index (χ4v) is 2.99. The molecule has 3 unspecified atom stereocenters. The minimum Gasteiger partial charge on any atom is -0.381 e. The summed E-state index contributed by atoms with van der Waals surface area (Å²) in [6, 6.07) is 1.11. The predicted octanol–water partition coefficient (Wildman–Crippen LogP) is 1.22. The number of likely N-dealkylation sites (tertiary alicyclic amines) is 1. The Morgan fingerprint density at radius 2 is 2.07 bits per heavy atom. The number of hydrogen-bond acceptors (Lipinski definition) is 3. The molecule has 2 aliphatic heterocycles. The van der Waals surface area contributed by atoms with Crippen molar-refractivity contribution in [1.82, 2.24) is 4.90 Å². The van der Waals surface area contributed by atoms with E-state index in [1.807, 2.05) is 0 Å². The van der Waals surface area contributed by atoms with Crippen molar-refractivity contribution in [1.29, 1.82) is 0 Å². The zero-order chi connectivity index (χ0) is 10.7. The summed E-state index contributed by atoms with van der Waals surface area (Å²) in [6.45, 7) is 6.53. The Morgan fingerprint density at radius 1 is 1.20 bits per heavy atom. The Labute approximate surface area is 93.0 Å². The van der Waals surface area contributed by atoms with Crippen LogP contribution in [0.1, 0.15) is 32.6 Å². The molecule has 0 aromatic heterocycles. The van der Waals surface area contributed by atoms with Gasteiger partial charge in [0.15, 0.2) is 0 Å². The highest BCUT2D eigenvalue weighted by Gasteiger charge is 2.27. The highest BCUT2D eigenvalue weighted by molar-refractivity contribution is 4.84. The van der Waals surface area contributed by atoms with Gasteiger partial charge in [0.25, 0.3) is 0 Å². The maximum Gasteiger partial charge on any atom is 0.0480 e. The van der Waals surface area contributed by atoms with Crippen molar-refractivity contribution in [2.24, 2.45) is 11.7 Å². The van der Waals surface area contributed by atoms with Crippen LogP contribution >= 0.6 is 0 Å². The molecule has 2 aliphatic rings. The fraction of sp³-hybridized carbons (Fsp3) is 1.00. The molecule has 0 aromatic rings. The summed E-state index contributed by atoms with van der Waals surface area (Å²) in [6.07, 6.45) is 4.89. The van der Waals surface area contributed by atoms with Crippen LogP contribution in [0.25, 0.3) is 0 Å². The van der Waals surface area contributed by atoms with Crippen LogP contribution in [0.15, 0.2) is 0 Å². The molecular weight excluding hydrogens is 188 g/mol. The van der Waals surface area contributed by atoms with E-state index in [1.165, 1.54) is 32.2 Å². The smallest absolute Gasteiger partial charge is 0.0480 e. The van der Waals surface area contributed by atoms with Gasteiger partial charge in [0, 0.05) is 38.4 Å². The molecule has 2 rings (SSSR count). The third-order valence-electron chi connectivity index (χ3n) is 3.66. The van der Waals surface area contributed by atoms with Gasteiger partial charge < -0.3 is 10.5 Å². The second-order valence-corrected chi connectivity index (χ2v) is 5.25. The molecule has 2 saturated heterocycles. The van der Waals surface area contributed by atoms with E-state index in [1.54, 1.807) is 0 Å². The molecule has 0 bridgehead atoms.